The Balaban J connectivity index is 2.11. The minimum absolute atomic E-state index is 0.544. The number of hydrogen-bond donors (Lipinski definition) is 0. The van der Waals surface area contributed by atoms with E-state index in [9.17, 15) is 0 Å². The monoisotopic (exact) mass is 350 g/mol. The van der Waals surface area contributed by atoms with Crippen molar-refractivity contribution < 1.29 is 4.74 Å². The van der Waals surface area contributed by atoms with Gasteiger partial charge in [-0.3, -0.25) is 0 Å². The van der Waals surface area contributed by atoms with E-state index in [0.717, 1.165) is 32.8 Å². The Labute approximate surface area is 133 Å². The average molecular weight is 352 g/mol. The normalized spacial score (nSPS) is 13.4. The van der Waals surface area contributed by atoms with Crippen molar-refractivity contribution in [3.05, 3.63) is 51.0 Å². The zero-order valence-electron chi connectivity index (χ0n) is 11.5. The molecule has 0 fully saturated rings. The molecule has 0 amide bonds. The van der Waals surface area contributed by atoms with Crippen molar-refractivity contribution in [3.8, 4) is 16.9 Å². The van der Waals surface area contributed by atoms with Gasteiger partial charge in [-0.2, -0.15) is 0 Å². The molecule has 0 saturated carbocycles. The number of hydrogen-bond acceptors (Lipinski definition) is 1. The maximum Gasteiger partial charge on any atom is 0.132 e. The summed E-state index contributed by atoms with van der Waals surface area (Å²) in [5.41, 5.74) is 4.75. The highest BCUT2D eigenvalue weighted by Crippen LogP contribution is 2.44. The molecular formula is C17H16BrClO. The Kier molecular flexibility index (Phi) is 3.78. The lowest BCUT2D eigenvalue weighted by Crippen LogP contribution is -1.91. The Hall–Kier alpha value is -0.990. The molecular weight excluding hydrogens is 336 g/mol. The van der Waals surface area contributed by atoms with Crippen molar-refractivity contribution in [1.82, 2.24) is 0 Å². The van der Waals surface area contributed by atoms with Crippen molar-refractivity contribution in [1.29, 1.82) is 0 Å². The van der Waals surface area contributed by atoms with Crippen LogP contribution in [0.25, 0.3) is 11.1 Å². The smallest absolute Gasteiger partial charge is 0.132 e. The van der Waals surface area contributed by atoms with E-state index in [0.29, 0.717) is 12.5 Å². The van der Waals surface area contributed by atoms with Crippen LogP contribution in [-0.2, 0) is 6.42 Å². The van der Waals surface area contributed by atoms with Gasteiger partial charge in [-0.25, -0.2) is 0 Å². The first-order valence-corrected chi connectivity index (χ1v) is 7.99. The van der Waals surface area contributed by atoms with E-state index in [-0.39, 0.29) is 0 Å². The summed E-state index contributed by atoms with van der Waals surface area (Å²) < 4.78 is 6.73. The first-order valence-electron chi connectivity index (χ1n) is 6.82. The van der Waals surface area contributed by atoms with E-state index in [1.165, 1.54) is 11.1 Å². The van der Waals surface area contributed by atoms with Gasteiger partial charge in [-0.15, -0.1) is 0 Å². The highest BCUT2D eigenvalue weighted by Gasteiger charge is 2.22. The summed E-state index contributed by atoms with van der Waals surface area (Å²) in [6, 6.07) is 10.7. The molecule has 2 aromatic carbocycles. The van der Waals surface area contributed by atoms with Crippen LogP contribution in [0, 0.1) is 0 Å². The fourth-order valence-electron chi connectivity index (χ4n) is 2.57. The minimum atomic E-state index is 0.544. The SMILES string of the molecule is CC(C)c1ccc(-c2cc(Br)c(Cl)c3c2OCC3)cc1. The number of fused-ring (bicyclic) bond motifs is 1. The lowest BCUT2D eigenvalue weighted by molar-refractivity contribution is 0.358. The van der Waals surface area contributed by atoms with E-state index >= 15 is 0 Å². The van der Waals surface area contributed by atoms with Crippen LogP contribution in [0.15, 0.2) is 34.8 Å². The standard InChI is InChI=1S/C17H16BrClO/c1-10(2)11-3-5-12(6-4-11)14-9-15(18)16(19)13-7-8-20-17(13)14/h3-6,9-10H,7-8H2,1-2H3. The lowest BCUT2D eigenvalue weighted by atomic mass is 9.97. The van der Waals surface area contributed by atoms with Gasteiger partial charge >= 0.3 is 0 Å². The number of halogens is 2. The summed E-state index contributed by atoms with van der Waals surface area (Å²) in [7, 11) is 0. The molecule has 20 heavy (non-hydrogen) atoms. The average Bonchev–Trinajstić information content (AvgIpc) is 2.92. The van der Waals surface area contributed by atoms with Crippen LogP contribution in [-0.4, -0.2) is 6.61 Å². The Bertz CT molecular complexity index is 647. The molecule has 0 aromatic heterocycles. The van der Waals surface area contributed by atoms with Gasteiger partial charge in [0.25, 0.3) is 0 Å². The molecule has 2 aromatic rings. The van der Waals surface area contributed by atoms with Crippen molar-refractivity contribution in [3.63, 3.8) is 0 Å². The molecule has 0 aliphatic carbocycles. The van der Waals surface area contributed by atoms with Gasteiger partial charge < -0.3 is 4.74 Å². The third-order valence-electron chi connectivity index (χ3n) is 3.75. The minimum Gasteiger partial charge on any atom is -0.492 e. The van der Waals surface area contributed by atoms with Crippen LogP contribution >= 0.6 is 27.5 Å². The van der Waals surface area contributed by atoms with Gasteiger partial charge in [0.05, 0.1) is 11.6 Å². The highest BCUT2D eigenvalue weighted by atomic mass is 79.9. The maximum atomic E-state index is 6.34. The van der Waals surface area contributed by atoms with Crippen LogP contribution in [0.2, 0.25) is 5.02 Å². The summed E-state index contributed by atoms with van der Waals surface area (Å²) >= 11 is 9.89. The molecule has 104 valence electrons. The van der Waals surface area contributed by atoms with Gasteiger partial charge in [0.1, 0.15) is 5.75 Å². The van der Waals surface area contributed by atoms with E-state index < -0.39 is 0 Å². The molecule has 0 bridgehead atoms. The van der Waals surface area contributed by atoms with Gasteiger partial charge in [0, 0.05) is 22.0 Å². The van der Waals surface area contributed by atoms with Gasteiger partial charge in [0.2, 0.25) is 0 Å². The second-order valence-corrected chi connectivity index (χ2v) is 6.64. The molecule has 0 spiro atoms. The molecule has 0 N–H and O–H groups in total. The fraction of sp³-hybridized carbons (Fsp3) is 0.294. The van der Waals surface area contributed by atoms with Gasteiger partial charge in [0.15, 0.2) is 0 Å². The summed E-state index contributed by atoms with van der Waals surface area (Å²) in [6.45, 7) is 5.12. The highest BCUT2D eigenvalue weighted by molar-refractivity contribution is 9.10. The fourth-order valence-corrected chi connectivity index (χ4v) is 3.27. The summed E-state index contributed by atoms with van der Waals surface area (Å²) in [5.74, 6) is 1.48. The van der Waals surface area contributed by atoms with E-state index in [1.54, 1.807) is 0 Å². The topological polar surface area (TPSA) is 9.23 Å². The second-order valence-electron chi connectivity index (χ2n) is 5.40. The molecule has 1 aliphatic heterocycles. The van der Waals surface area contributed by atoms with Crippen molar-refractivity contribution in [2.75, 3.05) is 6.61 Å². The third kappa shape index (κ3) is 2.36. The maximum absolute atomic E-state index is 6.34. The van der Waals surface area contributed by atoms with Gasteiger partial charge in [-0.1, -0.05) is 49.7 Å². The quantitative estimate of drug-likeness (QED) is 0.661. The molecule has 0 saturated heterocycles. The molecule has 1 nitrogen and oxygen atoms in total. The molecule has 0 unspecified atom stereocenters. The van der Waals surface area contributed by atoms with Gasteiger partial charge in [-0.05, 0) is 39.0 Å². The Morgan fingerprint density at radius 1 is 1.20 bits per heavy atom. The summed E-state index contributed by atoms with van der Waals surface area (Å²) in [4.78, 5) is 0. The first kappa shape index (κ1) is 14.0. The van der Waals surface area contributed by atoms with Crippen LogP contribution in [0.5, 0.6) is 5.75 Å². The summed E-state index contributed by atoms with van der Waals surface area (Å²) in [6.07, 6.45) is 0.880. The van der Waals surface area contributed by atoms with E-state index in [1.807, 2.05) is 0 Å². The molecule has 1 aliphatic rings. The predicted octanol–water partition coefficient (Wildman–Crippen LogP) is 5.83. The Morgan fingerprint density at radius 3 is 2.55 bits per heavy atom. The zero-order valence-corrected chi connectivity index (χ0v) is 13.9. The second kappa shape index (κ2) is 5.42. The van der Waals surface area contributed by atoms with Crippen molar-refractivity contribution in [2.45, 2.75) is 26.2 Å². The van der Waals surface area contributed by atoms with Crippen molar-refractivity contribution in [2.24, 2.45) is 0 Å². The molecule has 3 rings (SSSR count). The zero-order chi connectivity index (χ0) is 14.3. The number of ether oxygens (including phenoxy) is 1. The lowest BCUT2D eigenvalue weighted by Gasteiger charge is -2.12. The van der Waals surface area contributed by atoms with E-state index in [2.05, 4.69) is 60.1 Å². The largest absolute Gasteiger partial charge is 0.492 e. The van der Waals surface area contributed by atoms with Crippen molar-refractivity contribution >= 4 is 27.5 Å². The molecule has 0 radical (unpaired) electrons. The predicted molar refractivity (Wildman–Crippen MR) is 87.9 cm³/mol. The number of rotatable bonds is 2. The van der Waals surface area contributed by atoms with E-state index in [4.69, 9.17) is 16.3 Å². The molecule has 0 atom stereocenters. The van der Waals surface area contributed by atoms with Crippen LogP contribution in [0.4, 0.5) is 0 Å². The summed E-state index contributed by atoms with van der Waals surface area (Å²) in [5, 5.41) is 0.778. The van der Waals surface area contributed by atoms with Crippen LogP contribution < -0.4 is 4.74 Å². The third-order valence-corrected chi connectivity index (χ3v) is 5.04. The first-order chi connectivity index (χ1) is 9.58. The number of benzene rings is 2. The molecule has 1 heterocycles. The van der Waals surface area contributed by atoms with Crippen LogP contribution in [0.1, 0.15) is 30.9 Å². The van der Waals surface area contributed by atoms with Crippen LogP contribution in [0.3, 0.4) is 0 Å². The molecule has 3 heteroatoms. The Morgan fingerprint density at radius 2 is 1.90 bits per heavy atom.